The number of nitriles is 1. The predicted octanol–water partition coefficient (Wildman–Crippen LogP) is 0.168. The number of nitrogen functional groups attached to an aromatic ring is 1. The van der Waals surface area contributed by atoms with E-state index in [0.29, 0.717) is 16.8 Å². The van der Waals surface area contributed by atoms with Crippen LogP contribution in [-0.2, 0) is 11.2 Å². The number of benzene rings is 1. The maximum atomic E-state index is 10.6. The molecule has 4 heteroatoms. The minimum absolute atomic E-state index is 0.0726. The average molecular weight is 175 g/mol. The predicted molar refractivity (Wildman–Crippen MR) is 48.5 cm³/mol. The topological polar surface area (TPSA) is 92.9 Å². The third kappa shape index (κ3) is 2.20. The molecule has 4 N–H and O–H groups in total. The second-order valence-corrected chi connectivity index (χ2v) is 2.67. The molecule has 4 nitrogen and oxygen atoms in total. The van der Waals surface area contributed by atoms with Gasteiger partial charge >= 0.3 is 0 Å². The van der Waals surface area contributed by atoms with Crippen LogP contribution in [0, 0.1) is 11.3 Å². The van der Waals surface area contributed by atoms with Crippen LogP contribution in [0.15, 0.2) is 18.2 Å². The van der Waals surface area contributed by atoms with Crippen molar-refractivity contribution in [1.82, 2.24) is 0 Å². The Balaban J connectivity index is 3.08. The van der Waals surface area contributed by atoms with E-state index in [1.165, 1.54) is 6.07 Å². The van der Waals surface area contributed by atoms with Crippen molar-refractivity contribution in [2.45, 2.75) is 6.42 Å². The minimum atomic E-state index is -0.457. The molecule has 0 aromatic heterocycles. The van der Waals surface area contributed by atoms with Gasteiger partial charge in [-0.2, -0.15) is 5.26 Å². The summed E-state index contributed by atoms with van der Waals surface area (Å²) in [5.74, 6) is -0.457. The zero-order valence-corrected chi connectivity index (χ0v) is 6.95. The third-order valence-electron chi connectivity index (χ3n) is 1.62. The molecular formula is C9H9N3O. The monoisotopic (exact) mass is 175 g/mol. The highest BCUT2D eigenvalue weighted by Crippen LogP contribution is 2.12. The Kier molecular flexibility index (Phi) is 2.50. The van der Waals surface area contributed by atoms with E-state index in [1.54, 1.807) is 12.1 Å². The molecule has 0 aliphatic heterocycles. The van der Waals surface area contributed by atoms with Crippen LogP contribution >= 0.6 is 0 Å². The number of rotatable bonds is 2. The lowest BCUT2D eigenvalue weighted by molar-refractivity contribution is -0.117. The number of hydrogen-bond donors (Lipinski definition) is 2. The van der Waals surface area contributed by atoms with E-state index in [4.69, 9.17) is 16.7 Å². The number of amides is 1. The fraction of sp³-hybridized carbons (Fsp3) is 0.111. The summed E-state index contributed by atoms with van der Waals surface area (Å²) >= 11 is 0. The lowest BCUT2D eigenvalue weighted by Crippen LogP contribution is -2.14. The summed E-state index contributed by atoms with van der Waals surface area (Å²) in [6, 6.07) is 6.76. The molecule has 0 atom stereocenters. The summed E-state index contributed by atoms with van der Waals surface area (Å²) in [5.41, 5.74) is 12.0. The van der Waals surface area contributed by atoms with Crippen molar-refractivity contribution in [3.8, 4) is 6.07 Å². The molecule has 1 aromatic rings. The Bertz CT molecular complexity index is 379. The Hall–Kier alpha value is -2.02. The molecule has 0 bridgehead atoms. The molecule has 1 amide bonds. The number of anilines is 1. The zero-order valence-electron chi connectivity index (χ0n) is 6.95. The van der Waals surface area contributed by atoms with Gasteiger partial charge in [0.15, 0.2) is 0 Å². The summed E-state index contributed by atoms with van der Waals surface area (Å²) in [6.07, 6.45) is 0.0726. The average Bonchev–Trinajstić information content (AvgIpc) is 2.07. The highest BCUT2D eigenvalue weighted by atomic mass is 16.1. The number of nitrogens with two attached hydrogens (primary N) is 2. The van der Waals surface area contributed by atoms with Gasteiger partial charge in [-0.05, 0) is 17.7 Å². The Morgan fingerprint density at radius 3 is 2.77 bits per heavy atom. The van der Waals surface area contributed by atoms with E-state index in [2.05, 4.69) is 0 Å². The Morgan fingerprint density at radius 2 is 2.23 bits per heavy atom. The summed E-state index contributed by atoms with van der Waals surface area (Å²) in [7, 11) is 0. The van der Waals surface area contributed by atoms with Crippen molar-refractivity contribution in [1.29, 1.82) is 5.26 Å². The normalized spacial score (nSPS) is 9.15. The van der Waals surface area contributed by atoms with Crippen LogP contribution in [-0.4, -0.2) is 5.91 Å². The third-order valence-corrected chi connectivity index (χ3v) is 1.62. The zero-order chi connectivity index (χ0) is 9.84. The van der Waals surface area contributed by atoms with Crippen molar-refractivity contribution in [2.24, 2.45) is 5.73 Å². The first-order valence-corrected chi connectivity index (χ1v) is 3.70. The fourth-order valence-corrected chi connectivity index (χ4v) is 1.04. The summed E-state index contributed by atoms with van der Waals surface area (Å²) in [4.78, 5) is 10.6. The lowest BCUT2D eigenvalue weighted by atomic mass is 10.0. The summed E-state index contributed by atoms with van der Waals surface area (Å²) < 4.78 is 0. The van der Waals surface area contributed by atoms with Gasteiger partial charge in [-0.25, -0.2) is 0 Å². The summed E-state index contributed by atoms with van der Waals surface area (Å²) in [5, 5.41) is 8.70. The van der Waals surface area contributed by atoms with Gasteiger partial charge in [0.2, 0.25) is 5.91 Å². The van der Waals surface area contributed by atoms with E-state index in [0.717, 1.165) is 0 Å². The van der Waals surface area contributed by atoms with Crippen LogP contribution in [0.4, 0.5) is 5.69 Å². The molecule has 0 saturated carbocycles. The SMILES string of the molecule is N#Cc1cc(N)ccc1CC(N)=O. The minimum Gasteiger partial charge on any atom is -0.399 e. The molecule has 0 fully saturated rings. The molecule has 0 spiro atoms. The number of primary amides is 1. The molecule has 0 radical (unpaired) electrons. The molecule has 13 heavy (non-hydrogen) atoms. The molecule has 0 heterocycles. The second kappa shape index (κ2) is 3.59. The van der Waals surface area contributed by atoms with Gasteiger partial charge in [0.1, 0.15) is 0 Å². The van der Waals surface area contributed by atoms with Crippen molar-refractivity contribution >= 4 is 11.6 Å². The molecule has 66 valence electrons. The molecule has 0 aliphatic rings. The van der Waals surface area contributed by atoms with Gasteiger partial charge in [0.25, 0.3) is 0 Å². The molecule has 0 aliphatic carbocycles. The van der Waals surface area contributed by atoms with Gasteiger partial charge in [-0.15, -0.1) is 0 Å². The molecule has 1 aromatic carbocycles. The molecule has 0 saturated heterocycles. The fourth-order valence-electron chi connectivity index (χ4n) is 1.04. The van der Waals surface area contributed by atoms with Crippen molar-refractivity contribution in [2.75, 3.05) is 5.73 Å². The number of carbonyl (C=O) groups excluding carboxylic acids is 1. The van der Waals surface area contributed by atoms with E-state index in [9.17, 15) is 4.79 Å². The van der Waals surface area contributed by atoms with E-state index in [1.807, 2.05) is 6.07 Å². The van der Waals surface area contributed by atoms with Crippen molar-refractivity contribution in [3.05, 3.63) is 29.3 Å². The Morgan fingerprint density at radius 1 is 1.54 bits per heavy atom. The largest absolute Gasteiger partial charge is 0.399 e. The van der Waals surface area contributed by atoms with E-state index >= 15 is 0 Å². The standard InChI is InChI=1S/C9H9N3O/c10-5-7-3-8(11)2-1-6(7)4-9(12)13/h1-3H,4,11H2,(H2,12,13). The van der Waals surface area contributed by atoms with Crippen LogP contribution in [0.5, 0.6) is 0 Å². The first-order valence-electron chi connectivity index (χ1n) is 3.70. The lowest BCUT2D eigenvalue weighted by Gasteiger charge is -2.01. The quantitative estimate of drug-likeness (QED) is 0.627. The van der Waals surface area contributed by atoms with Crippen LogP contribution in [0.2, 0.25) is 0 Å². The smallest absolute Gasteiger partial charge is 0.221 e. The number of nitrogens with zero attached hydrogens (tertiary/aromatic N) is 1. The van der Waals surface area contributed by atoms with Crippen LogP contribution in [0.25, 0.3) is 0 Å². The van der Waals surface area contributed by atoms with Gasteiger partial charge in [-0.1, -0.05) is 6.07 Å². The van der Waals surface area contributed by atoms with Crippen LogP contribution in [0.3, 0.4) is 0 Å². The molecule has 1 rings (SSSR count). The second-order valence-electron chi connectivity index (χ2n) is 2.67. The number of hydrogen-bond acceptors (Lipinski definition) is 3. The maximum absolute atomic E-state index is 10.6. The van der Waals surface area contributed by atoms with E-state index < -0.39 is 5.91 Å². The van der Waals surface area contributed by atoms with E-state index in [-0.39, 0.29) is 6.42 Å². The molecule has 0 unspecified atom stereocenters. The highest BCUT2D eigenvalue weighted by Gasteiger charge is 2.04. The van der Waals surface area contributed by atoms with Crippen molar-refractivity contribution < 1.29 is 4.79 Å². The first-order chi connectivity index (χ1) is 6.13. The summed E-state index contributed by atoms with van der Waals surface area (Å²) in [6.45, 7) is 0. The molecular weight excluding hydrogens is 166 g/mol. The van der Waals surface area contributed by atoms with Gasteiger partial charge in [-0.3, -0.25) is 4.79 Å². The maximum Gasteiger partial charge on any atom is 0.221 e. The number of carbonyl (C=O) groups is 1. The highest BCUT2D eigenvalue weighted by molar-refractivity contribution is 5.77. The first kappa shape index (κ1) is 9.07. The van der Waals surface area contributed by atoms with Crippen LogP contribution in [0.1, 0.15) is 11.1 Å². The van der Waals surface area contributed by atoms with Crippen LogP contribution < -0.4 is 11.5 Å². The van der Waals surface area contributed by atoms with Crippen molar-refractivity contribution in [3.63, 3.8) is 0 Å². The van der Waals surface area contributed by atoms with Gasteiger partial charge in [0, 0.05) is 5.69 Å². The van der Waals surface area contributed by atoms with Gasteiger partial charge in [0.05, 0.1) is 18.1 Å². The van der Waals surface area contributed by atoms with Gasteiger partial charge < -0.3 is 11.5 Å². The Labute approximate surface area is 75.8 Å².